The van der Waals surface area contributed by atoms with Gasteiger partial charge in [0.05, 0.1) is 12.5 Å². The van der Waals surface area contributed by atoms with Crippen molar-refractivity contribution in [2.24, 2.45) is 0 Å². The van der Waals surface area contributed by atoms with Crippen LogP contribution in [0.3, 0.4) is 0 Å². The lowest BCUT2D eigenvalue weighted by Gasteiger charge is -2.18. The van der Waals surface area contributed by atoms with Crippen molar-refractivity contribution in [2.45, 2.75) is 31.6 Å². The van der Waals surface area contributed by atoms with E-state index >= 15 is 0 Å². The van der Waals surface area contributed by atoms with Gasteiger partial charge < -0.3 is 15.4 Å². The Kier molecular flexibility index (Phi) is 6.99. The fourth-order valence-electron chi connectivity index (χ4n) is 2.52. The summed E-state index contributed by atoms with van der Waals surface area (Å²) in [5.41, 5.74) is 0.652. The van der Waals surface area contributed by atoms with Crippen LogP contribution in [0.25, 0.3) is 0 Å². The summed E-state index contributed by atoms with van der Waals surface area (Å²) in [7, 11) is 1.65. The summed E-state index contributed by atoms with van der Waals surface area (Å²) in [5.74, 6) is 0.935. The number of amides is 1. The molecule has 0 aliphatic heterocycles. The first-order valence-corrected chi connectivity index (χ1v) is 7.37. The smallest absolute Gasteiger partial charge is 0.230 e. The number of hydrogen-bond donors (Lipinski definition) is 2. The van der Waals surface area contributed by atoms with Crippen LogP contribution in [0.5, 0.6) is 5.75 Å². The van der Waals surface area contributed by atoms with E-state index in [0.717, 1.165) is 43.7 Å². The van der Waals surface area contributed by atoms with Gasteiger partial charge in [-0.05, 0) is 31.9 Å². The Bertz CT molecular complexity index is 461. The minimum absolute atomic E-state index is 0. The highest BCUT2D eigenvalue weighted by atomic mass is 35.5. The Morgan fingerprint density at radius 1 is 1.24 bits per heavy atom. The monoisotopic (exact) mass is 312 g/mol. The highest BCUT2D eigenvalue weighted by molar-refractivity contribution is 5.92. The molecule has 1 aliphatic carbocycles. The van der Waals surface area contributed by atoms with Gasteiger partial charge in [-0.25, -0.2) is 0 Å². The van der Waals surface area contributed by atoms with Crippen LogP contribution in [0, 0.1) is 0 Å². The van der Waals surface area contributed by atoms with Crippen molar-refractivity contribution in [3.05, 3.63) is 29.8 Å². The van der Waals surface area contributed by atoms with Crippen LogP contribution in [-0.4, -0.2) is 32.7 Å². The lowest BCUT2D eigenvalue weighted by atomic mass is 9.94. The molecule has 1 amide bonds. The van der Waals surface area contributed by atoms with E-state index in [1.54, 1.807) is 7.11 Å². The normalized spacial score (nSPS) is 15.0. The molecule has 5 heteroatoms. The first kappa shape index (κ1) is 17.8. The number of carbonyl (C=O) groups is 1. The molecule has 4 nitrogen and oxygen atoms in total. The predicted octanol–water partition coefficient (Wildman–Crippen LogP) is 2.26. The van der Waals surface area contributed by atoms with Gasteiger partial charge in [0.2, 0.25) is 5.91 Å². The maximum Gasteiger partial charge on any atom is 0.230 e. The van der Waals surface area contributed by atoms with Gasteiger partial charge in [-0.2, -0.15) is 0 Å². The highest BCUT2D eigenvalue weighted by Crippen LogP contribution is 2.51. The SMILES string of the molecule is CCCNCCNC(=O)C1(c2ccccc2OC)CC1.Cl. The molecule has 0 unspecified atom stereocenters. The van der Waals surface area contributed by atoms with Gasteiger partial charge in [0.1, 0.15) is 5.75 Å². The zero-order valence-electron chi connectivity index (χ0n) is 12.8. The molecular weight excluding hydrogens is 288 g/mol. The first-order chi connectivity index (χ1) is 9.74. The molecule has 0 bridgehead atoms. The third-order valence-electron chi connectivity index (χ3n) is 3.82. The van der Waals surface area contributed by atoms with E-state index in [1.807, 2.05) is 24.3 Å². The number of para-hydroxylation sites is 1. The summed E-state index contributed by atoms with van der Waals surface area (Å²) in [6.07, 6.45) is 2.92. The summed E-state index contributed by atoms with van der Waals surface area (Å²) in [4.78, 5) is 12.4. The molecule has 0 aromatic heterocycles. The molecule has 2 rings (SSSR count). The zero-order chi connectivity index (χ0) is 14.4. The molecule has 1 fully saturated rings. The lowest BCUT2D eigenvalue weighted by molar-refractivity contribution is -0.123. The Hall–Kier alpha value is -1.26. The molecule has 0 heterocycles. The summed E-state index contributed by atoms with van der Waals surface area (Å²) in [5, 5.41) is 6.32. The minimum Gasteiger partial charge on any atom is -0.496 e. The van der Waals surface area contributed by atoms with Crippen LogP contribution in [0.15, 0.2) is 24.3 Å². The minimum atomic E-state index is -0.364. The number of halogens is 1. The molecule has 0 saturated heterocycles. The third kappa shape index (κ3) is 4.11. The molecule has 0 atom stereocenters. The van der Waals surface area contributed by atoms with Gasteiger partial charge in [-0.1, -0.05) is 25.1 Å². The van der Waals surface area contributed by atoms with Crippen molar-refractivity contribution in [1.29, 1.82) is 0 Å². The first-order valence-electron chi connectivity index (χ1n) is 7.37. The molecule has 21 heavy (non-hydrogen) atoms. The van der Waals surface area contributed by atoms with Crippen LogP contribution in [0.4, 0.5) is 0 Å². The predicted molar refractivity (Wildman–Crippen MR) is 87.3 cm³/mol. The third-order valence-corrected chi connectivity index (χ3v) is 3.82. The molecule has 1 aromatic carbocycles. The van der Waals surface area contributed by atoms with Crippen LogP contribution in [0.1, 0.15) is 31.7 Å². The standard InChI is InChI=1S/C16H24N2O2.ClH/c1-3-10-17-11-12-18-15(19)16(8-9-16)13-6-4-5-7-14(13)20-2;/h4-7,17H,3,8-12H2,1-2H3,(H,18,19);1H. The molecular formula is C16H25ClN2O2. The van der Waals surface area contributed by atoms with Crippen molar-refractivity contribution in [1.82, 2.24) is 10.6 Å². The average molecular weight is 313 g/mol. The van der Waals surface area contributed by atoms with Gasteiger partial charge in [0.15, 0.2) is 0 Å². The Labute approximate surface area is 133 Å². The van der Waals surface area contributed by atoms with Gasteiger partial charge in [-0.15, -0.1) is 12.4 Å². The number of ether oxygens (including phenoxy) is 1. The fraction of sp³-hybridized carbons (Fsp3) is 0.562. The Morgan fingerprint density at radius 2 is 1.95 bits per heavy atom. The Morgan fingerprint density at radius 3 is 2.57 bits per heavy atom. The highest BCUT2D eigenvalue weighted by Gasteiger charge is 2.52. The lowest BCUT2D eigenvalue weighted by Crippen LogP contribution is -2.38. The van der Waals surface area contributed by atoms with Gasteiger partial charge in [0, 0.05) is 18.7 Å². The second kappa shape index (κ2) is 8.25. The second-order valence-electron chi connectivity index (χ2n) is 5.29. The van der Waals surface area contributed by atoms with Crippen LogP contribution < -0.4 is 15.4 Å². The van der Waals surface area contributed by atoms with Crippen LogP contribution in [-0.2, 0) is 10.2 Å². The summed E-state index contributed by atoms with van der Waals surface area (Å²) < 4.78 is 5.39. The Balaban J connectivity index is 0.00000220. The van der Waals surface area contributed by atoms with Gasteiger partial charge in [0.25, 0.3) is 0 Å². The summed E-state index contributed by atoms with van der Waals surface area (Å²) in [6.45, 7) is 4.62. The number of nitrogens with one attached hydrogen (secondary N) is 2. The van der Waals surface area contributed by atoms with Crippen molar-refractivity contribution in [3.63, 3.8) is 0 Å². The van der Waals surface area contributed by atoms with Crippen LogP contribution in [0.2, 0.25) is 0 Å². The number of carbonyl (C=O) groups excluding carboxylic acids is 1. The molecule has 0 spiro atoms. The zero-order valence-corrected chi connectivity index (χ0v) is 13.6. The van der Waals surface area contributed by atoms with E-state index < -0.39 is 0 Å². The number of rotatable bonds is 8. The summed E-state index contributed by atoms with van der Waals surface area (Å²) in [6, 6.07) is 7.82. The van der Waals surface area contributed by atoms with Crippen LogP contribution >= 0.6 is 12.4 Å². The van der Waals surface area contributed by atoms with Gasteiger partial charge >= 0.3 is 0 Å². The molecule has 0 radical (unpaired) electrons. The number of benzene rings is 1. The fourth-order valence-corrected chi connectivity index (χ4v) is 2.52. The molecule has 118 valence electrons. The second-order valence-corrected chi connectivity index (χ2v) is 5.29. The number of methoxy groups -OCH3 is 1. The number of hydrogen-bond acceptors (Lipinski definition) is 3. The van der Waals surface area contributed by atoms with E-state index in [1.165, 1.54) is 0 Å². The van der Waals surface area contributed by atoms with Crippen molar-refractivity contribution in [2.75, 3.05) is 26.7 Å². The van der Waals surface area contributed by atoms with Gasteiger partial charge in [-0.3, -0.25) is 4.79 Å². The van der Waals surface area contributed by atoms with Crippen molar-refractivity contribution in [3.8, 4) is 5.75 Å². The average Bonchev–Trinajstić information content (AvgIpc) is 3.28. The van der Waals surface area contributed by atoms with E-state index in [-0.39, 0.29) is 23.7 Å². The quantitative estimate of drug-likeness (QED) is 0.724. The van der Waals surface area contributed by atoms with E-state index in [4.69, 9.17) is 4.74 Å². The molecule has 1 aliphatic rings. The maximum atomic E-state index is 12.4. The molecule has 2 N–H and O–H groups in total. The summed E-state index contributed by atoms with van der Waals surface area (Å²) >= 11 is 0. The maximum absolute atomic E-state index is 12.4. The molecule has 1 aromatic rings. The van der Waals surface area contributed by atoms with E-state index in [2.05, 4.69) is 17.6 Å². The van der Waals surface area contributed by atoms with E-state index in [0.29, 0.717) is 6.54 Å². The van der Waals surface area contributed by atoms with Crippen molar-refractivity contribution >= 4 is 18.3 Å². The largest absolute Gasteiger partial charge is 0.496 e. The van der Waals surface area contributed by atoms with Crippen molar-refractivity contribution < 1.29 is 9.53 Å². The van der Waals surface area contributed by atoms with E-state index in [9.17, 15) is 4.79 Å². The topological polar surface area (TPSA) is 50.4 Å². The molecule has 1 saturated carbocycles.